The number of nitrogens with zero attached hydrogens (tertiary/aromatic N) is 3. The van der Waals surface area contributed by atoms with E-state index in [0.29, 0.717) is 37.6 Å². The highest BCUT2D eigenvalue weighted by Crippen LogP contribution is 2.30. The zero-order valence-corrected chi connectivity index (χ0v) is 15.5. The SMILES string of the molecule is COc1cccc(-c2noc(C3CCN(C(=O)c4ccccc4F)CC3)n2)c1. The van der Waals surface area contributed by atoms with Gasteiger partial charge in [0.1, 0.15) is 11.6 Å². The van der Waals surface area contributed by atoms with Gasteiger partial charge in [-0.05, 0) is 37.1 Å². The molecule has 7 heteroatoms. The van der Waals surface area contributed by atoms with E-state index >= 15 is 0 Å². The Morgan fingerprint density at radius 3 is 2.71 bits per heavy atom. The second-order valence-corrected chi connectivity index (χ2v) is 6.73. The highest BCUT2D eigenvalue weighted by atomic mass is 19.1. The molecule has 144 valence electrons. The maximum Gasteiger partial charge on any atom is 0.256 e. The molecule has 1 aromatic heterocycles. The maximum absolute atomic E-state index is 13.9. The van der Waals surface area contributed by atoms with Gasteiger partial charge in [0.05, 0.1) is 12.7 Å². The number of carbonyl (C=O) groups excluding carboxylic acids is 1. The molecule has 3 aromatic rings. The number of hydrogen-bond acceptors (Lipinski definition) is 5. The smallest absolute Gasteiger partial charge is 0.256 e. The number of carbonyl (C=O) groups is 1. The Balaban J connectivity index is 1.42. The van der Waals surface area contributed by atoms with Crippen molar-refractivity contribution in [2.75, 3.05) is 20.2 Å². The highest BCUT2D eigenvalue weighted by molar-refractivity contribution is 5.94. The normalized spacial score (nSPS) is 14.9. The van der Waals surface area contributed by atoms with Crippen LogP contribution in [0.2, 0.25) is 0 Å². The molecule has 0 atom stereocenters. The number of aromatic nitrogens is 2. The van der Waals surface area contributed by atoms with Crippen LogP contribution in [0.15, 0.2) is 53.1 Å². The van der Waals surface area contributed by atoms with E-state index < -0.39 is 5.82 Å². The van der Waals surface area contributed by atoms with Crippen LogP contribution in [0.1, 0.15) is 35.0 Å². The molecule has 6 nitrogen and oxygen atoms in total. The molecule has 0 unspecified atom stereocenters. The summed E-state index contributed by atoms with van der Waals surface area (Å²) in [7, 11) is 1.61. The van der Waals surface area contributed by atoms with Crippen molar-refractivity contribution in [1.82, 2.24) is 15.0 Å². The van der Waals surface area contributed by atoms with Crippen molar-refractivity contribution >= 4 is 5.91 Å². The van der Waals surface area contributed by atoms with Gasteiger partial charge in [0.2, 0.25) is 11.7 Å². The van der Waals surface area contributed by atoms with Crippen LogP contribution in [0.4, 0.5) is 4.39 Å². The zero-order chi connectivity index (χ0) is 19.5. The number of rotatable bonds is 4. The first-order valence-corrected chi connectivity index (χ1v) is 9.17. The van der Waals surface area contributed by atoms with Crippen LogP contribution in [0, 0.1) is 5.82 Å². The van der Waals surface area contributed by atoms with E-state index in [1.165, 1.54) is 12.1 Å². The van der Waals surface area contributed by atoms with Crippen LogP contribution in [0.5, 0.6) is 5.75 Å². The molecular formula is C21H20FN3O3. The van der Waals surface area contributed by atoms with E-state index in [9.17, 15) is 9.18 Å². The van der Waals surface area contributed by atoms with Gasteiger partial charge in [0, 0.05) is 24.6 Å². The Morgan fingerprint density at radius 1 is 1.18 bits per heavy atom. The number of amides is 1. The summed E-state index contributed by atoms with van der Waals surface area (Å²) in [4.78, 5) is 18.7. The number of likely N-dealkylation sites (tertiary alicyclic amines) is 1. The standard InChI is InChI=1S/C21H20FN3O3/c1-27-16-6-4-5-15(13-16)19-23-20(28-24-19)14-9-11-25(12-10-14)21(26)17-7-2-3-8-18(17)22/h2-8,13-14H,9-12H2,1H3. The lowest BCUT2D eigenvalue weighted by atomic mass is 9.96. The largest absolute Gasteiger partial charge is 0.497 e. The first kappa shape index (κ1) is 18.2. The summed E-state index contributed by atoms with van der Waals surface area (Å²) in [6.07, 6.45) is 1.39. The third-order valence-electron chi connectivity index (χ3n) is 5.01. The van der Waals surface area contributed by atoms with Gasteiger partial charge < -0.3 is 14.2 Å². The van der Waals surface area contributed by atoms with Gasteiger partial charge in [0.15, 0.2) is 0 Å². The Hall–Kier alpha value is -3.22. The molecule has 2 heterocycles. The fourth-order valence-corrected chi connectivity index (χ4v) is 3.41. The summed E-state index contributed by atoms with van der Waals surface area (Å²) in [5, 5.41) is 4.08. The van der Waals surface area contributed by atoms with Gasteiger partial charge in [-0.15, -0.1) is 0 Å². The fourth-order valence-electron chi connectivity index (χ4n) is 3.41. The average molecular weight is 381 g/mol. The van der Waals surface area contributed by atoms with Crippen LogP contribution in [-0.2, 0) is 0 Å². The predicted molar refractivity (Wildman–Crippen MR) is 101 cm³/mol. The van der Waals surface area contributed by atoms with E-state index in [2.05, 4.69) is 10.1 Å². The zero-order valence-electron chi connectivity index (χ0n) is 15.5. The van der Waals surface area contributed by atoms with Crippen molar-refractivity contribution in [2.24, 2.45) is 0 Å². The minimum atomic E-state index is -0.491. The number of halogens is 1. The molecule has 0 radical (unpaired) electrons. The van der Waals surface area contributed by atoms with Crippen molar-refractivity contribution in [1.29, 1.82) is 0 Å². The number of hydrogen-bond donors (Lipinski definition) is 0. The molecule has 1 aliphatic heterocycles. The van der Waals surface area contributed by atoms with E-state index in [1.54, 1.807) is 24.1 Å². The molecule has 0 bridgehead atoms. The van der Waals surface area contributed by atoms with E-state index in [1.807, 2.05) is 24.3 Å². The molecule has 1 aliphatic rings. The lowest BCUT2D eigenvalue weighted by Crippen LogP contribution is -2.38. The summed E-state index contributed by atoms with van der Waals surface area (Å²) < 4.78 is 24.6. The van der Waals surface area contributed by atoms with Crippen LogP contribution < -0.4 is 4.74 Å². The third kappa shape index (κ3) is 3.60. The Labute approximate surface area is 161 Å². The van der Waals surface area contributed by atoms with Crippen molar-refractivity contribution in [3.8, 4) is 17.1 Å². The van der Waals surface area contributed by atoms with Crippen LogP contribution in [0.3, 0.4) is 0 Å². The quantitative estimate of drug-likeness (QED) is 0.686. The van der Waals surface area contributed by atoms with Gasteiger partial charge >= 0.3 is 0 Å². The van der Waals surface area contributed by atoms with E-state index in [0.717, 1.165) is 11.3 Å². The third-order valence-corrected chi connectivity index (χ3v) is 5.01. The lowest BCUT2D eigenvalue weighted by molar-refractivity contribution is 0.0700. The van der Waals surface area contributed by atoms with Gasteiger partial charge in [-0.1, -0.05) is 29.4 Å². The predicted octanol–water partition coefficient (Wildman–Crippen LogP) is 3.90. The molecule has 2 aromatic carbocycles. The first-order valence-electron chi connectivity index (χ1n) is 9.17. The molecule has 4 rings (SSSR count). The second kappa shape index (κ2) is 7.80. The first-order chi connectivity index (χ1) is 13.7. The summed E-state index contributed by atoms with van der Waals surface area (Å²) >= 11 is 0. The number of benzene rings is 2. The van der Waals surface area contributed by atoms with Crippen LogP contribution >= 0.6 is 0 Å². The van der Waals surface area contributed by atoms with E-state index in [4.69, 9.17) is 9.26 Å². The Kier molecular flexibility index (Phi) is 5.06. The molecule has 1 fully saturated rings. The lowest BCUT2D eigenvalue weighted by Gasteiger charge is -2.30. The number of ether oxygens (including phenoxy) is 1. The molecule has 28 heavy (non-hydrogen) atoms. The van der Waals surface area contributed by atoms with E-state index in [-0.39, 0.29) is 17.4 Å². The summed E-state index contributed by atoms with van der Waals surface area (Å²) in [5.41, 5.74) is 0.931. The summed E-state index contributed by atoms with van der Waals surface area (Å²) in [6.45, 7) is 1.05. The maximum atomic E-state index is 13.9. The summed E-state index contributed by atoms with van der Waals surface area (Å²) in [5.74, 6) is 1.11. The minimum Gasteiger partial charge on any atom is -0.497 e. The molecule has 0 spiro atoms. The number of methoxy groups -OCH3 is 1. The molecule has 1 amide bonds. The van der Waals surface area contributed by atoms with Gasteiger partial charge in [-0.3, -0.25) is 4.79 Å². The average Bonchev–Trinajstić information content (AvgIpc) is 3.24. The topological polar surface area (TPSA) is 68.5 Å². The monoisotopic (exact) mass is 381 g/mol. The molecular weight excluding hydrogens is 361 g/mol. The molecule has 0 saturated carbocycles. The van der Waals surface area contributed by atoms with Crippen molar-refractivity contribution < 1.29 is 18.4 Å². The van der Waals surface area contributed by atoms with Gasteiger partial charge in [-0.25, -0.2) is 4.39 Å². The molecule has 0 aliphatic carbocycles. The number of piperidine rings is 1. The van der Waals surface area contributed by atoms with Crippen molar-refractivity contribution in [3.05, 3.63) is 65.8 Å². The molecule has 0 N–H and O–H groups in total. The Bertz CT molecular complexity index is 980. The van der Waals surface area contributed by atoms with Gasteiger partial charge in [-0.2, -0.15) is 4.98 Å². The molecule has 1 saturated heterocycles. The van der Waals surface area contributed by atoms with Crippen molar-refractivity contribution in [3.63, 3.8) is 0 Å². The highest BCUT2D eigenvalue weighted by Gasteiger charge is 2.29. The summed E-state index contributed by atoms with van der Waals surface area (Å²) in [6, 6.07) is 13.5. The fraction of sp³-hybridized carbons (Fsp3) is 0.286. The Morgan fingerprint density at radius 2 is 1.96 bits per heavy atom. The van der Waals surface area contributed by atoms with Gasteiger partial charge in [0.25, 0.3) is 5.91 Å². The van der Waals surface area contributed by atoms with Crippen LogP contribution in [-0.4, -0.2) is 41.1 Å². The van der Waals surface area contributed by atoms with Crippen LogP contribution in [0.25, 0.3) is 11.4 Å². The van der Waals surface area contributed by atoms with Crippen molar-refractivity contribution in [2.45, 2.75) is 18.8 Å². The minimum absolute atomic E-state index is 0.0801. The second-order valence-electron chi connectivity index (χ2n) is 6.73.